The number of ether oxygens (including phenoxy) is 1. The van der Waals surface area contributed by atoms with Crippen molar-refractivity contribution in [2.45, 2.75) is 59.3 Å². The number of nitrogens with zero attached hydrogens (tertiary/aromatic N) is 4. The molecule has 7 nitrogen and oxygen atoms in total. The highest BCUT2D eigenvalue weighted by Crippen LogP contribution is 2.47. The van der Waals surface area contributed by atoms with Gasteiger partial charge < -0.3 is 21.1 Å². The number of anilines is 2. The number of nitrogen functional groups attached to an aromatic ring is 1. The second kappa shape index (κ2) is 9.73. The summed E-state index contributed by atoms with van der Waals surface area (Å²) >= 11 is 0.991. The lowest BCUT2D eigenvalue weighted by Gasteiger charge is -2.22. The molecule has 38 heavy (non-hydrogen) atoms. The topological polar surface area (TPSA) is 114 Å². The maximum Gasteiger partial charge on any atom is 0.226 e. The second-order valence-corrected chi connectivity index (χ2v) is 11.3. The van der Waals surface area contributed by atoms with Crippen molar-refractivity contribution in [3.05, 3.63) is 56.4 Å². The molecule has 0 radical (unpaired) electrons. The summed E-state index contributed by atoms with van der Waals surface area (Å²) in [5.41, 5.74) is 15.7. The van der Waals surface area contributed by atoms with Crippen molar-refractivity contribution in [2.24, 2.45) is 5.73 Å². The number of aromatic nitrogens is 2. The molecule has 3 aromatic rings. The molecule has 4 N–H and O–H groups in total. The molecule has 4 heterocycles. The number of fused-ring (bicyclic) bond motifs is 3. The lowest BCUT2D eigenvalue weighted by Crippen LogP contribution is -2.39. The first-order valence-electron chi connectivity index (χ1n) is 12.6. The molecule has 2 aliphatic rings. The Balaban J connectivity index is 1.83. The minimum Gasteiger partial charge on any atom is -0.389 e. The summed E-state index contributed by atoms with van der Waals surface area (Å²) < 4.78 is 37.7. The van der Waals surface area contributed by atoms with Gasteiger partial charge in [0.2, 0.25) is 5.95 Å². The SMILES string of the molecule is C/C=C(/F)c1sc(N)c(C#N)c1/C(=C(\C)CC)c1c2c(c3cnc(N4CCC(C)(N)C4)nc3c1F)COC2. The van der Waals surface area contributed by atoms with Crippen LogP contribution in [0.5, 0.6) is 0 Å². The smallest absolute Gasteiger partial charge is 0.226 e. The minimum atomic E-state index is -0.550. The molecule has 0 saturated carbocycles. The molecule has 1 aromatic carbocycles. The fourth-order valence-electron chi connectivity index (χ4n) is 5.30. The van der Waals surface area contributed by atoms with Crippen LogP contribution in [0.4, 0.5) is 19.7 Å². The fourth-order valence-corrected chi connectivity index (χ4v) is 6.29. The molecular formula is C28H30F2N6OS. The van der Waals surface area contributed by atoms with Crippen molar-refractivity contribution >= 4 is 44.6 Å². The Labute approximate surface area is 224 Å². The zero-order valence-corrected chi connectivity index (χ0v) is 22.7. The number of thiophene rings is 1. The zero-order valence-electron chi connectivity index (χ0n) is 21.9. The van der Waals surface area contributed by atoms with Crippen LogP contribution in [-0.2, 0) is 18.0 Å². The third kappa shape index (κ3) is 4.15. The number of allylic oxidation sites excluding steroid dienone is 2. The largest absolute Gasteiger partial charge is 0.389 e. The van der Waals surface area contributed by atoms with Crippen molar-refractivity contribution in [1.82, 2.24) is 9.97 Å². The number of nitrogens with two attached hydrogens (primary N) is 2. The first-order chi connectivity index (χ1) is 18.1. The monoisotopic (exact) mass is 536 g/mol. The normalized spacial score (nSPS) is 20.2. The van der Waals surface area contributed by atoms with E-state index in [1.807, 2.05) is 25.7 Å². The molecule has 0 bridgehead atoms. The van der Waals surface area contributed by atoms with Crippen LogP contribution < -0.4 is 16.4 Å². The summed E-state index contributed by atoms with van der Waals surface area (Å²) in [6.45, 7) is 9.05. The van der Waals surface area contributed by atoms with Crippen LogP contribution in [0, 0.1) is 17.1 Å². The van der Waals surface area contributed by atoms with Crippen LogP contribution in [0.1, 0.15) is 73.2 Å². The van der Waals surface area contributed by atoms with Gasteiger partial charge in [-0.25, -0.2) is 18.7 Å². The van der Waals surface area contributed by atoms with Gasteiger partial charge in [-0.1, -0.05) is 18.6 Å². The first-order valence-corrected chi connectivity index (χ1v) is 13.4. The van der Waals surface area contributed by atoms with Crippen LogP contribution in [0.2, 0.25) is 0 Å². The van der Waals surface area contributed by atoms with Gasteiger partial charge in [0.25, 0.3) is 0 Å². The predicted octanol–water partition coefficient (Wildman–Crippen LogP) is 5.80. The Kier molecular flexibility index (Phi) is 6.71. The van der Waals surface area contributed by atoms with Gasteiger partial charge in [0.1, 0.15) is 22.4 Å². The summed E-state index contributed by atoms with van der Waals surface area (Å²) in [5.74, 6) is -0.658. The molecule has 2 aromatic heterocycles. The summed E-state index contributed by atoms with van der Waals surface area (Å²) in [6.07, 6.45) is 4.30. The van der Waals surface area contributed by atoms with Gasteiger partial charge in [0.15, 0.2) is 5.82 Å². The highest BCUT2D eigenvalue weighted by molar-refractivity contribution is 7.17. The second-order valence-electron chi connectivity index (χ2n) is 10.2. The van der Waals surface area contributed by atoms with E-state index >= 15 is 8.78 Å². The third-order valence-corrected chi connectivity index (χ3v) is 8.48. The lowest BCUT2D eigenvalue weighted by atomic mass is 9.85. The molecule has 1 saturated heterocycles. The van der Waals surface area contributed by atoms with Gasteiger partial charge in [0, 0.05) is 41.3 Å². The molecule has 0 spiro atoms. The van der Waals surface area contributed by atoms with Crippen molar-refractivity contribution in [2.75, 3.05) is 23.7 Å². The third-order valence-electron chi connectivity index (χ3n) is 7.45. The number of halogens is 2. The lowest BCUT2D eigenvalue weighted by molar-refractivity contribution is 0.134. The van der Waals surface area contributed by atoms with E-state index in [0.29, 0.717) is 47.5 Å². The van der Waals surface area contributed by atoms with Gasteiger partial charge in [-0.3, -0.25) is 0 Å². The Bertz CT molecular complexity index is 1570. The zero-order chi connectivity index (χ0) is 27.4. The van der Waals surface area contributed by atoms with Crippen molar-refractivity contribution in [1.29, 1.82) is 5.26 Å². The molecule has 1 unspecified atom stereocenters. The van der Waals surface area contributed by atoms with Crippen LogP contribution in [0.15, 0.2) is 17.8 Å². The standard InChI is InChI=1S/C28H30F2N6OS/c1-5-14(3)20(22-15(9-31)26(32)38-25(22)19(29)6-2)21-18-12-37-11-17(18)16-10-34-27(35-24(16)23(21)30)36-8-7-28(4,33)13-36/h6,10H,5,7-8,11-13,32-33H2,1-4H3/b19-6+,20-14+. The van der Waals surface area contributed by atoms with E-state index in [-0.39, 0.29) is 45.3 Å². The number of hydrogen-bond donors (Lipinski definition) is 2. The molecular weight excluding hydrogens is 506 g/mol. The van der Waals surface area contributed by atoms with Crippen LogP contribution in [-0.4, -0.2) is 28.6 Å². The van der Waals surface area contributed by atoms with E-state index in [1.165, 1.54) is 6.08 Å². The minimum absolute atomic E-state index is 0.139. The average molecular weight is 537 g/mol. The summed E-state index contributed by atoms with van der Waals surface area (Å²) in [5, 5.41) is 10.8. The first kappa shape index (κ1) is 26.2. The van der Waals surface area contributed by atoms with Crippen LogP contribution >= 0.6 is 11.3 Å². The van der Waals surface area contributed by atoms with E-state index in [9.17, 15) is 5.26 Å². The number of nitriles is 1. The summed E-state index contributed by atoms with van der Waals surface area (Å²) in [6, 6.07) is 2.13. The Hall–Kier alpha value is -3.39. The van der Waals surface area contributed by atoms with Crippen molar-refractivity contribution in [3.63, 3.8) is 0 Å². The molecule has 198 valence electrons. The van der Waals surface area contributed by atoms with E-state index < -0.39 is 11.6 Å². The van der Waals surface area contributed by atoms with Crippen molar-refractivity contribution < 1.29 is 13.5 Å². The highest BCUT2D eigenvalue weighted by atomic mass is 32.1. The van der Waals surface area contributed by atoms with Gasteiger partial charge in [-0.05, 0) is 50.3 Å². The summed E-state index contributed by atoms with van der Waals surface area (Å²) in [7, 11) is 0. The van der Waals surface area contributed by atoms with E-state index in [0.717, 1.165) is 28.9 Å². The Morgan fingerprint density at radius 2 is 2.08 bits per heavy atom. The Morgan fingerprint density at radius 3 is 2.71 bits per heavy atom. The molecule has 0 aliphatic carbocycles. The maximum atomic E-state index is 16.8. The van der Waals surface area contributed by atoms with Gasteiger partial charge >= 0.3 is 0 Å². The van der Waals surface area contributed by atoms with Crippen LogP contribution in [0.3, 0.4) is 0 Å². The average Bonchev–Trinajstić information content (AvgIpc) is 3.62. The fraction of sp³-hybridized carbons (Fsp3) is 0.393. The number of hydrogen-bond acceptors (Lipinski definition) is 8. The quantitative estimate of drug-likeness (QED) is 0.423. The molecule has 1 atom stereocenters. The highest BCUT2D eigenvalue weighted by Gasteiger charge is 2.34. The van der Waals surface area contributed by atoms with Crippen LogP contribution in [0.25, 0.3) is 22.3 Å². The molecule has 2 aliphatic heterocycles. The Morgan fingerprint density at radius 1 is 1.34 bits per heavy atom. The van der Waals surface area contributed by atoms with Gasteiger partial charge in [-0.15, -0.1) is 11.3 Å². The number of benzene rings is 1. The van der Waals surface area contributed by atoms with E-state index in [1.54, 1.807) is 13.1 Å². The molecule has 10 heteroatoms. The van der Waals surface area contributed by atoms with Crippen molar-refractivity contribution in [3.8, 4) is 6.07 Å². The predicted molar refractivity (Wildman–Crippen MR) is 148 cm³/mol. The van der Waals surface area contributed by atoms with Gasteiger partial charge in [-0.2, -0.15) is 5.26 Å². The summed E-state index contributed by atoms with van der Waals surface area (Å²) in [4.78, 5) is 11.4. The number of rotatable bonds is 5. The van der Waals surface area contributed by atoms with Gasteiger partial charge in [0.05, 0.1) is 23.7 Å². The maximum absolute atomic E-state index is 16.8. The molecule has 0 amide bonds. The van der Waals surface area contributed by atoms with E-state index in [2.05, 4.69) is 16.0 Å². The molecule has 1 fully saturated rings. The molecule has 5 rings (SSSR count). The van der Waals surface area contributed by atoms with E-state index in [4.69, 9.17) is 16.2 Å².